The normalized spacial score (nSPS) is 19.5. The molecule has 1 saturated heterocycles. The van der Waals surface area contributed by atoms with Crippen LogP contribution in [0.1, 0.15) is 20.3 Å². The van der Waals surface area contributed by atoms with Gasteiger partial charge in [0.25, 0.3) is 0 Å². The molecular weight excluding hydrogens is 160 g/mol. The molecule has 1 fully saturated rings. The summed E-state index contributed by atoms with van der Waals surface area (Å²) in [5.41, 5.74) is 5.21. The maximum absolute atomic E-state index is 10.9. The minimum Gasteiger partial charge on any atom is -0.368 e. The minimum absolute atomic E-state index is 0.241. The van der Waals surface area contributed by atoms with E-state index in [0.717, 1.165) is 13.1 Å². The maximum atomic E-state index is 10.9. The highest BCUT2D eigenvalue weighted by Crippen LogP contribution is 2.31. The zero-order valence-electron chi connectivity index (χ0n) is 6.96. The Morgan fingerprint density at radius 2 is 2.09 bits per heavy atom. The van der Waals surface area contributed by atoms with Crippen molar-refractivity contribution < 1.29 is 4.79 Å². The van der Waals surface area contributed by atoms with Gasteiger partial charge in [0.2, 0.25) is 5.91 Å². The van der Waals surface area contributed by atoms with Crippen molar-refractivity contribution in [1.29, 1.82) is 0 Å². The van der Waals surface area contributed by atoms with Gasteiger partial charge in [0.1, 0.15) is 4.75 Å². The van der Waals surface area contributed by atoms with E-state index in [1.807, 2.05) is 13.8 Å². The number of rotatable bonds is 3. The van der Waals surface area contributed by atoms with Gasteiger partial charge in [-0.25, -0.2) is 4.31 Å². The second-order valence-electron chi connectivity index (χ2n) is 3.25. The molecule has 1 amide bonds. The van der Waals surface area contributed by atoms with Crippen molar-refractivity contribution in [3.05, 3.63) is 0 Å². The van der Waals surface area contributed by atoms with Gasteiger partial charge in [-0.2, -0.15) is 0 Å². The lowest BCUT2D eigenvalue weighted by Crippen LogP contribution is -2.42. The summed E-state index contributed by atoms with van der Waals surface area (Å²) >= 11 is 1.56. The molecule has 0 aromatic rings. The molecule has 0 aromatic heterocycles. The van der Waals surface area contributed by atoms with E-state index in [2.05, 4.69) is 4.31 Å². The molecule has 0 radical (unpaired) electrons. The van der Waals surface area contributed by atoms with Gasteiger partial charge in [0.05, 0.1) is 0 Å². The van der Waals surface area contributed by atoms with E-state index >= 15 is 0 Å². The zero-order chi connectivity index (χ0) is 8.48. The van der Waals surface area contributed by atoms with E-state index in [9.17, 15) is 4.79 Å². The molecule has 0 spiro atoms. The molecule has 0 saturated carbocycles. The fourth-order valence-electron chi connectivity index (χ4n) is 0.746. The number of amides is 1. The monoisotopic (exact) mass is 174 g/mol. The molecule has 3 nitrogen and oxygen atoms in total. The summed E-state index contributed by atoms with van der Waals surface area (Å²) in [6.07, 6.45) is 1.24. The first kappa shape index (κ1) is 8.87. The van der Waals surface area contributed by atoms with E-state index in [4.69, 9.17) is 5.73 Å². The molecule has 1 rings (SSSR count). The minimum atomic E-state index is -0.444. The Kier molecular flexibility index (Phi) is 2.44. The smallest absolute Gasteiger partial charge is 0.234 e. The van der Waals surface area contributed by atoms with E-state index in [1.54, 1.807) is 11.9 Å². The van der Waals surface area contributed by atoms with Crippen LogP contribution >= 0.6 is 11.9 Å². The van der Waals surface area contributed by atoms with Crippen LogP contribution in [0.4, 0.5) is 0 Å². The third kappa shape index (κ3) is 2.10. The van der Waals surface area contributed by atoms with Gasteiger partial charge in [-0.15, -0.1) is 0 Å². The van der Waals surface area contributed by atoms with Gasteiger partial charge in [-0.1, -0.05) is 11.9 Å². The number of carbonyl (C=O) groups excluding carboxylic acids is 1. The topological polar surface area (TPSA) is 46.3 Å². The Morgan fingerprint density at radius 3 is 2.36 bits per heavy atom. The second kappa shape index (κ2) is 3.03. The standard InChI is InChI=1S/C7H14N2OS/c1-7(2,6(8)10)11-9-4-3-5-9/h3-5H2,1-2H3,(H2,8,10). The summed E-state index contributed by atoms with van der Waals surface area (Å²) in [5, 5.41) is 0. The summed E-state index contributed by atoms with van der Waals surface area (Å²) in [4.78, 5) is 10.9. The van der Waals surface area contributed by atoms with Crippen molar-refractivity contribution in [2.45, 2.75) is 25.0 Å². The van der Waals surface area contributed by atoms with Crippen LogP contribution in [-0.2, 0) is 4.79 Å². The Balaban J connectivity index is 2.38. The number of carbonyl (C=O) groups is 1. The molecule has 0 aliphatic carbocycles. The molecule has 2 N–H and O–H groups in total. The van der Waals surface area contributed by atoms with E-state index in [1.165, 1.54) is 6.42 Å². The molecule has 1 aliphatic rings. The molecule has 0 aromatic carbocycles. The van der Waals surface area contributed by atoms with Crippen LogP contribution < -0.4 is 5.73 Å². The van der Waals surface area contributed by atoms with Crippen LogP contribution in [0.3, 0.4) is 0 Å². The van der Waals surface area contributed by atoms with Crippen molar-refractivity contribution in [3.8, 4) is 0 Å². The number of hydrogen-bond acceptors (Lipinski definition) is 3. The molecule has 1 heterocycles. The summed E-state index contributed by atoms with van der Waals surface area (Å²) in [6.45, 7) is 5.89. The first-order chi connectivity index (χ1) is 5.02. The third-order valence-electron chi connectivity index (χ3n) is 1.77. The molecule has 64 valence electrons. The SMILES string of the molecule is CC(C)(SN1CCC1)C(N)=O. The van der Waals surface area contributed by atoms with Crippen molar-refractivity contribution in [2.75, 3.05) is 13.1 Å². The molecular formula is C7H14N2OS. The van der Waals surface area contributed by atoms with Gasteiger partial charge in [0, 0.05) is 13.1 Å². The first-order valence-electron chi connectivity index (χ1n) is 3.76. The summed E-state index contributed by atoms with van der Waals surface area (Å²) < 4.78 is 1.73. The van der Waals surface area contributed by atoms with E-state index in [0.29, 0.717) is 0 Å². The second-order valence-corrected chi connectivity index (χ2v) is 4.97. The Hall–Kier alpha value is -0.220. The fraction of sp³-hybridized carbons (Fsp3) is 0.857. The lowest BCUT2D eigenvalue weighted by Gasteiger charge is -2.34. The lowest BCUT2D eigenvalue weighted by atomic mass is 10.2. The summed E-state index contributed by atoms with van der Waals surface area (Å²) in [6, 6.07) is 0. The van der Waals surface area contributed by atoms with E-state index < -0.39 is 4.75 Å². The van der Waals surface area contributed by atoms with Crippen LogP contribution in [0.2, 0.25) is 0 Å². The Bertz CT molecular complexity index is 166. The van der Waals surface area contributed by atoms with Gasteiger partial charge in [-0.3, -0.25) is 4.79 Å². The highest BCUT2D eigenvalue weighted by atomic mass is 32.2. The first-order valence-corrected chi connectivity index (χ1v) is 4.54. The molecule has 0 atom stereocenters. The van der Waals surface area contributed by atoms with Crippen LogP contribution in [0.15, 0.2) is 0 Å². The number of nitrogens with zero attached hydrogens (tertiary/aromatic N) is 1. The summed E-state index contributed by atoms with van der Waals surface area (Å²) in [5.74, 6) is -0.241. The van der Waals surface area contributed by atoms with Crippen molar-refractivity contribution >= 4 is 17.9 Å². The quantitative estimate of drug-likeness (QED) is 0.637. The highest BCUT2D eigenvalue weighted by molar-refractivity contribution is 7.99. The van der Waals surface area contributed by atoms with Crippen LogP contribution in [0.5, 0.6) is 0 Å². The number of nitrogens with two attached hydrogens (primary N) is 1. The largest absolute Gasteiger partial charge is 0.368 e. The highest BCUT2D eigenvalue weighted by Gasteiger charge is 2.30. The van der Waals surface area contributed by atoms with Gasteiger partial charge in [0.15, 0.2) is 0 Å². The van der Waals surface area contributed by atoms with Gasteiger partial charge in [-0.05, 0) is 20.3 Å². The number of hydrogen-bond donors (Lipinski definition) is 1. The average Bonchev–Trinajstić information content (AvgIpc) is 1.79. The van der Waals surface area contributed by atoms with Crippen molar-refractivity contribution in [3.63, 3.8) is 0 Å². The molecule has 0 bridgehead atoms. The molecule has 0 unspecified atom stereocenters. The van der Waals surface area contributed by atoms with Crippen LogP contribution in [0, 0.1) is 0 Å². The zero-order valence-corrected chi connectivity index (χ0v) is 7.78. The average molecular weight is 174 g/mol. The molecule has 1 aliphatic heterocycles. The molecule has 11 heavy (non-hydrogen) atoms. The van der Waals surface area contributed by atoms with Crippen LogP contribution in [-0.4, -0.2) is 28.0 Å². The van der Waals surface area contributed by atoms with Gasteiger partial charge >= 0.3 is 0 Å². The Labute approximate surface area is 71.4 Å². The van der Waals surface area contributed by atoms with E-state index in [-0.39, 0.29) is 5.91 Å². The lowest BCUT2D eigenvalue weighted by molar-refractivity contribution is -0.119. The fourth-order valence-corrected chi connectivity index (χ4v) is 1.92. The number of primary amides is 1. The van der Waals surface area contributed by atoms with Gasteiger partial charge < -0.3 is 5.73 Å². The summed E-state index contributed by atoms with van der Waals surface area (Å²) in [7, 11) is 0. The third-order valence-corrected chi connectivity index (χ3v) is 3.05. The predicted octanol–water partition coefficient (Wildman–Crippen LogP) is 0.604. The Morgan fingerprint density at radius 1 is 1.55 bits per heavy atom. The molecule has 4 heteroatoms. The maximum Gasteiger partial charge on any atom is 0.234 e. The van der Waals surface area contributed by atoms with Crippen molar-refractivity contribution in [2.24, 2.45) is 5.73 Å². The van der Waals surface area contributed by atoms with Crippen LogP contribution in [0.25, 0.3) is 0 Å². The predicted molar refractivity (Wildman–Crippen MR) is 47.1 cm³/mol. The van der Waals surface area contributed by atoms with Crippen molar-refractivity contribution in [1.82, 2.24) is 4.31 Å².